The monoisotopic (exact) mass is 108 g/mol. The normalized spacial score (nSPS) is 3.60. The second-order valence-corrected chi connectivity index (χ2v) is 1.22. The largest absolute Gasteiger partial charge is 0.169 e. The number of hydrogen-bond acceptors (Lipinski definition) is 1. The van der Waals surface area contributed by atoms with Crippen LogP contribution >= 0.6 is 11.8 Å². The van der Waals surface area contributed by atoms with E-state index in [1.165, 1.54) is 0 Å². The first-order chi connectivity index (χ1) is 1.41. The molecular formula is C2H6Na2S. The van der Waals surface area contributed by atoms with Gasteiger partial charge in [-0.1, -0.05) is 0 Å². The summed E-state index contributed by atoms with van der Waals surface area (Å²) in [5, 5.41) is 0. The van der Waals surface area contributed by atoms with Crippen LogP contribution in [0, 0.1) is 0 Å². The van der Waals surface area contributed by atoms with Gasteiger partial charge in [0.15, 0.2) is 0 Å². The summed E-state index contributed by atoms with van der Waals surface area (Å²) in [6.07, 6.45) is 4.08. The average Bonchev–Trinajstić information content (AvgIpc) is 0.918. The van der Waals surface area contributed by atoms with Gasteiger partial charge in [0.05, 0.1) is 0 Å². The molecule has 0 unspecified atom stereocenters. The summed E-state index contributed by atoms with van der Waals surface area (Å²) in [6, 6.07) is 0. The van der Waals surface area contributed by atoms with Gasteiger partial charge in [-0.15, -0.1) is 0 Å². The van der Waals surface area contributed by atoms with Crippen molar-refractivity contribution in [3.8, 4) is 0 Å². The zero-order valence-corrected chi connectivity index (χ0v) is 9.22. The molecule has 0 bridgehead atoms. The molecule has 3 heteroatoms. The Morgan fingerprint density at radius 2 is 1.00 bits per heavy atom. The molecule has 0 aliphatic rings. The predicted octanol–water partition coefficient (Wildman–Crippen LogP) is 0.218. The van der Waals surface area contributed by atoms with Crippen molar-refractivity contribution in [3.63, 3.8) is 0 Å². The van der Waals surface area contributed by atoms with Crippen molar-refractivity contribution in [3.05, 3.63) is 0 Å². The molecule has 0 aromatic rings. The van der Waals surface area contributed by atoms with E-state index in [1.54, 1.807) is 11.8 Å². The molecule has 0 rings (SSSR count). The number of hydrogen-bond donors (Lipinski definition) is 0. The van der Waals surface area contributed by atoms with Crippen LogP contribution in [0.4, 0.5) is 0 Å². The van der Waals surface area contributed by atoms with Gasteiger partial charge in [0.2, 0.25) is 0 Å². The molecule has 0 N–H and O–H groups in total. The second-order valence-electron chi connectivity index (χ2n) is 0.408. The predicted molar refractivity (Wildman–Crippen MR) is 30.9 cm³/mol. The summed E-state index contributed by atoms with van der Waals surface area (Å²) in [6.45, 7) is 0. The summed E-state index contributed by atoms with van der Waals surface area (Å²) < 4.78 is 0. The third kappa shape index (κ3) is 21.8. The Morgan fingerprint density at radius 3 is 1.00 bits per heavy atom. The molecule has 0 aromatic heterocycles. The minimum absolute atomic E-state index is 0. The molecule has 0 nitrogen and oxygen atoms in total. The maximum atomic E-state index is 2.04. The van der Waals surface area contributed by atoms with Gasteiger partial charge in [-0.2, -0.15) is 11.8 Å². The van der Waals surface area contributed by atoms with Crippen LogP contribution < -0.4 is 0 Å². The van der Waals surface area contributed by atoms with E-state index in [0.29, 0.717) is 0 Å². The fraction of sp³-hybridized carbons (Fsp3) is 1.00. The molecule has 22 valence electrons. The molecule has 0 spiro atoms. The molecule has 0 amide bonds. The molecule has 0 aliphatic heterocycles. The van der Waals surface area contributed by atoms with Crippen LogP contribution in [0.1, 0.15) is 0 Å². The smallest absolute Gasteiger partial charge is 0 e. The minimum Gasteiger partial charge on any atom is -0.169 e. The molecule has 0 saturated carbocycles. The SMILES string of the molecule is CSC.[Na].[Na]. The fourth-order valence-corrected chi connectivity index (χ4v) is 0. The molecule has 0 aromatic carbocycles. The van der Waals surface area contributed by atoms with Gasteiger partial charge < -0.3 is 0 Å². The van der Waals surface area contributed by atoms with Crippen molar-refractivity contribution in [2.24, 2.45) is 0 Å². The summed E-state index contributed by atoms with van der Waals surface area (Å²) in [5.41, 5.74) is 0. The Hall–Kier alpha value is 2.35. The first-order valence-electron chi connectivity index (χ1n) is 0.816. The van der Waals surface area contributed by atoms with E-state index in [4.69, 9.17) is 0 Å². The first-order valence-corrected chi connectivity index (χ1v) is 2.45. The van der Waals surface area contributed by atoms with Crippen LogP contribution in [0.25, 0.3) is 0 Å². The van der Waals surface area contributed by atoms with Gasteiger partial charge in [-0.25, -0.2) is 0 Å². The zero-order chi connectivity index (χ0) is 2.71. The molecule has 0 saturated heterocycles. The number of thioether (sulfide) groups is 1. The van der Waals surface area contributed by atoms with Crippen LogP contribution in [0.3, 0.4) is 0 Å². The maximum absolute atomic E-state index is 2.04. The van der Waals surface area contributed by atoms with Crippen molar-refractivity contribution in [2.75, 3.05) is 12.5 Å². The third-order valence-electron chi connectivity index (χ3n) is 0. The van der Waals surface area contributed by atoms with Crippen molar-refractivity contribution in [2.45, 2.75) is 0 Å². The van der Waals surface area contributed by atoms with Crippen LogP contribution in [-0.4, -0.2) is 71.6 Å². The quantitative estimate of drug-likeness (QED) is 0.400. The summed E-state index contributed by atoms with van der Waals surface area (Å²) >= 11 is 1.75. The van der Waals surface area contributed by atoms with E-state index in [1.807, 2.05) is 12.5 Å². The van der Waals surface area contributed by atoms with E-state index in [0.717, 1.165) is 0 Å². The van der Waals surface area contributed by atoms with Crippen LogP contribution in [0.2, 0.25) is 0 Å². The maximum Gasteiger partial charge on any atom is 0 e. The molecule has 2 radical (unpaired) electrons. The average molecular weight is 108 g/mol. The molecule has 0 aliphatic carbocycles. The summed E-state index contributed by atoms with van der Waals surface area (Å²) in [5.74, 6) is 0. The van der Waals surface area contributed by atoms with Crippen LogP contribution in [-0.2, 0) is 0 Å². The molecule has 0 heterocycles. The molecule has 0 fully saturated rings. The van der Waals surface area contributed by atoms with Gasteiger partial charge in [0.1, 0.15) is 0 Å². The minimum atomic E-state index is 0. The van der Waals surface area contributed by atoms with Crippen molar-refractivity contribution in [1.29, 1.82) is 0 Å². The standard InChI is InChI=1S/C2H6S.2Na/c1-3-2;;/h1-2H3;;. The van der Waals surface area contributed by atoms with E-state index in [-0.39, 0.29) is 59.1 Å². The zero-order valence-electron chi connectivity index (χ0n) is 4.41. The first kappa shape index (κ1) is 15.7. The second kappa shape index (κ2) is 16.2. The van der Waals surface area contributed by atoms with Gasteiger partial charge >= 0.3 is 0 Å². The number of rotatable bonds is 0. The van der Waals surface area contributed by atoms with E-state index in [9.17, 15) is 0 Å². The Kier molecular flexibility index (Phi) is 50.7. The molecule has 5 heavy (non-hydrogen) atoms. The fourth-order valence-electron chi connectivity index (χ4n) is 0. The Labute approximate surface area is 82.1 Å². The topological polar surface area (TPSA) is 0 Å². The Balaban J connectivity index is -0.0000000200. The van der Waals surface area contributed by atoms with Gasteiger partial charge in [0.25, 0.3) is 0 Å². The van der Waals surface area contributed by atoms with E-state index < -0.39 is 0 Å². The van der Waals surface area contributed by atoms with E-state index in [2.05, 4.69) is 0 Å². The van der Waals surface area contributed by atoms with Crippen molar-refractivity contribution < 1.29 is 0 Å². The molecule has 0 atom stereocenters. The Morgan fingerprint density at radius 1 is 1.00 bits per heavy atom. The van der Waals surface area contributed by atoms with Crippen LogP contribution in [0.5, 0.6) is 0 Å². The third-order valence-corrected chi connectivity index (χ3v) is 0. The Bertz CT molecular complexity index is 7.61. The van der Waals surface area contributed by atoms with Gasteiger partial charge in [-0.3, -0.25) is 0 Å². The van der Waals surface area contributed by atoms with Crippen LogP contribution in [0.15, 0.2) is 0 Å². The van der Waals surface area contributed by atoms with Crippen molar-refractivity contribution in [1.82, 2.24) is 0 Å². The van der Waals surface area contributed by atoms with Gasteiger partial charge in [-0.05, 0) is 12.5 Å². The molecular weight excluding hydrogens is 102 g/mol. The van der Waals surface area contributed by atoms with Gasteiger partial charge in [0, 0.05) is 59.1 Å². The van der Waals surface area contributed by atoms with Crippen molar-refractivity contribution >= 4 is 70.9 Å². The summed E-state index contributed by atoms with van der Waals surface area (Å²) in [4.78, 5) is 0. The van der Waals surface area contributed by atoms with E-state index >= 15 is 0 Å². The summed E-state index contributed by atoms with van der Waals surface area (Å²) in [7, 11) is 0.